The van der Waals surface area contributed by atoms with Crippen molar-refractivity contribution < 1.29 is 4.52 Å². The normalized spacial score (nSPS) is 11.1. The van der Waals surface area contributed by atoms with Crippen molar-refractivity contribution in [1.29, 1.82) is 0 Å². The van der Waals surface area contributed by atoms with Crippen molar-refractivity contribution in [3.05, 3.63) is 29.6 Å². The number of nitrogen functional groups attached to an aromatic ring is 1. The van der Waals surface area contributed by atoms with E-state index in [1.54, 1.807) is 0 Å². The Morgan fingerprint density at radius 3 is 2.83 bits per heavy atom. The van der Waals surface area contributed by atoms with Gasteiger partial charge in [0.15, 0.2) is 5.82 Å². The number of aryl methyl sites for hydroxylation is 1. The Bertz CT molecular complexity index is 532. The van der Waals surface area contributed by atoms with Gasteiger partial charge in [0, 0.05) is 17.7 Å². The summed E-state index contributed by atoms with van der Waals surface area (Å²) >= 11 is 0. The molecule has 0 saturated heterocycles. The van der Waals surface area contributed by atoms with Crippen LogP contribution in [0.1, 0.15) is 31.7 Å². The van der Waals surface area contributed by atoms with E-state index < -0.39 is 0 Å². The highest BCUT2D eigenvalue weighted by atomic mass is 16.5. The van der Waals surface area contributed by atoms with E-state index in [2.05, 4.69) is 24.0 Å². The average Bonchev–Trinajstić information content (AvgIpc) is 2.78. The standard InChI is InChI=1S/C14H19N3O/c1-9(2)7-8-13-16-14(18-17-13)11-5-4-6-12(15)10(11)3/h4-6,9H,7-8,15H2,1-3H3. The van der Waals surface area contributed by atoms with Crippen molar-refractivity contribution in [3.8, 4) is 11.5 Å². The molecular weight excluding hydrogens is 226 g/mol. The van der Waals surface area contributed by atoms with Crippen molar-refractivity contribution in [3.63, 3.8) is 0 Å². The minimum atomic E-state index is 0.554. The molecule has 1 aromatic carbocycles. The largest absolute Gasteiger partial charge is 0.398 e. The molecule has 0 spiro atoms. The first-order valence-electron chi connectivity index (χ1n) is 6.26. The third-order valence-corrected chi connectivity index (χ3v) is 3.02. The monoisotopic (exact) mass is 245 g/mol. The lowest BCUT2D eigenvalue weighted by atomic mass is 10.1. The second-order valence-corrected chi connectivity index (χ2v) is 4.97. The smallest absolute Gasteiger partial charge is 0.258 e. The Morgan fingerprint density at radius 1 is 1.33 bits per heavy atom. The van der Waals surface area contributed by atoms with Crippen LogP contribution in [0.15, 0.2) is 22.7 Å². The van der Waals surface area contributed by atoms with Crippen LogP contribution in [0.4, 0.5) is 5.69 Å². The molecule has 4 nitrogen and oxygen atoms in total. The molecule has 1 heterocycles. The first kappa shape index (κ1) is 12.6. The molecule has 96 valence electrons. The van der Waals surface area contributed by atoms with E-state index in [1.807, 2.05) is 25.1 Å². The van der Waals surface area contributed by atoms with Crippen molar-refractivity contribution in [1.82, 2.24) is 10.1 Å². The number of hydrogen-bond donors (Lipinski definition) is 1. The second kappa shape index (κ2) is 5.21. The molecule has 0 aliphatic carbocycles. The molecule has 0 saturated carbocycles. The molecule has 1 aromatic heterocycles. The number of nitrogens with zero attached hydrogens (tertiary/aromatic N) is 2. The van der Waals surface area contributed by atoms with E-state index in [-0.39, 0.29) is 0 Å². The van der Waals surface area contributed by atoms with Gasteiger partial charge in [0.2, 0.25) is 0 Å². The molecule has 0 aliphatic heterocycles. The van der Waals surface area contributed by atoms with Crippen LogP contribution in [-0.4, -0.2) is 10.1 Å². The van der Waals surface area contributed by atoms with Crippen LogP contribution in [0, 0.1) is 12.8 Å². The van der Waals surface area contributed by atoms with E-state index in [1.165, 1.54) is 0 Å². The summed E-state index contributed by atoms with van der Waals surface area (Å²) in [5.41, 5.74) is 8.52. The van der Waals surface area contributed by atoms with Crippen molar-refractivity contribution in [2.75, 3.05) is 5.73 Å². The van der Waals surface area contributed by atoms with Gasteiger partial charge in [0.1, 0.15) is 0 Å². The van der Waals surface area contributed by atoms with E-state index in [4.69, 9.17) is 10.3 Å². The van der Waals surface area contributed by atoms with E-state index in [0.29, 0.717) is 11.8 Å². The summed E-state index contributed by atoms with van der Waals surface area (Å²) in [6.45, 7) is 6.33. The fourth-order valence-electron chi connectivity index (χ4n) is 1.77. The molecule has 0 fully saturated rings. The molecule has 0 unspecified atom stereocenters. The minimum Gasteiger partial charge on any atom is -0.398 e. The first-order valence-corrected chi connectivity index (χ1v) is 6.26. The van der Waals surface area contributed by atoms with Crippen molar-refractivity contribution in [2.24, 2.45) is 5.92 Å². The predicted molar refractivity (Wildman–Crippen MR) is 72.0 cm³/mol. The molecule has 2 aromatic rings. The van der Waals surface area contributed by atoms with Gasteiger partial charge in [0.05, 0.1) is 0 Å². The maximum absolute atomic E-state index is 5.87. The molecule has 0 radical (unpaired) electrons. The van der Waals surface area contributed by atoms with Crippen LogP contribution in [-0.2, 0) is 6.42 Å². The fourth-order valence-corrected chi connectivity index (χ4v) is 1.77. The Balaban J connectivity index is 2.21. The highest BCUT2D eigenvalue weighted by Gasteiger charge is 2.12. The fraction of sp³-hybridized carbons (Fsp3) is 0.429. The third kappa shape index (κ3) is 2.70. The predicted octanol–water partition coefficient (Wildman–Crippen LogP) is 3.22. The summed E-state index contributed by atoms with van der Waals surface area (Å²) < 4.78 is 5.30. The van der Waals surface area contributed by atoms with Crippen LogP contribution < -0.4 is 5.73 Å². The molecule has 18 heavy (non-hydrogen) atoms. The highest BCUT2D eigenvalue weighted by molar-refractivity contribution is 5.66. The van der Waals surface area contributed by atoms with Gasteiger partial charge >= 0.3 is 0 Å². The molecule has 2 N–H and O–H groups in total. The van der Waals surface area contributed by atoms with E-state index in [9.17, 15) is 0 Å². The van der Waals surface area contributed by atoms with Gasteiger partial charge in [-0.1, -0.05) is 25.1 Å². The van der Waals surface area contributed by atoms with Gasteiger partial charge in [-0.3, -0.25) is 0 Å². The van der Waals surface area contributed by atoms with Crippen LogP contribution in [0.2, 0.25) is 0 Å². The Hall–Kier alpha value is -1.84. The summed E-state index contributed by atoms with van der Waals surface area (Å²) in [4.78, 5) is 4.42. The first-order chi connectivity index (χ1) is 8.58. The van der Waals surface area contributed by atoms with Crippen LogP contribution in [0.3, 0.4) is 0 Å². The summed E-state index contributed by atoms with van der Waals surface area (Å²) in [6, 6.07) is 5.72. The Kier molecular flexibility index (Phi) is 3.65. The molecule has 0 atom stereocenters. The Morgan fingerprint density at radius 2 is 2.11 bits per heavy atom. The summed E-state index contributed by atoms with van der Waals surface area (Å²) in [6.07, 6.45) is 1.91. The topological polar surface area (TPSA) is 64.9 Å². The Labute approximate surface area is 107 Å². The second-order valence-electron chi connectivity index (χ2n) is 4.97. The lowest BCUT2D eigenvalue weighted by molar-refractivity contribution is 0.419. The number of nitrogens with two attached hydrogens (primary N) is 1. The van der Waals surface area contributed by atoms with Gasteiger partial charge in [-0.2, -0.15) is 4.98 Å². The van der Waals surface area contributed by atoms with Gasteiger partial charge in [-0.15, -0.1) is 0 Å². The maximum atomic E-state index is 5.87. The molecule has 0 bridgehead atoms. The quantitative estimate of drug-likeness (QED) is 0.840. The van der Waals surface area contributed by atoms with Gasteiger partial charge < -0.3 is 10.3 Å². The van der Waals surface area contributed by atoms with Crippen LogP contribution in [0.5, 0.6) is 0 Å². The summed E-state index contributed by atoms with van der Waals surface area (Å²) in [5, 5.41) is 4.01. The lowest BCUT2D eigenvalue weighted by Gasteiger charge is -2.03. The molecular formula is C14H19N3O. The molecule has 0 aliphatic rings. The summed E-state index contributed by atoms with van der Waals surface area (Å²) in [7, 11) is 0. The highest BCUT2D eigenvalue weighted by Crippen LogP contribution is 2.25. The number of hydrogen-bond acceptors (Lipinski definition) is 4. The van der Waals surface area contributed by atoms with Crippen molar-refractivity contribution >= 4 is 5.69 Å². The maximum Gasteiger partial charge on any atom is 0.258 e. The van der Waals surface area contributed by atoms with E-state index in [0.717, 1.165) is 35.5 Å². The number of anilines is 1. The lowest BCUT2D eigenvalue weighted by Crippen LogP contribution is -1.94. The van der Waals surface area contributed by atoms with Crippen LogP contribution in [0.25, 0.3) is 11.5 Å². The molecule has 0 amide bonds. The average molecular weight is 245 g/mol. The van der Waals surface area contributed by atoms with Crippen molar-refractivity contribution in [2.45, 2.75) is 33.6 Å². The molecule has 2 rings (SSSR count). The van der Waals surface area contributed by atoms with E-state index >= 15 is 0 Å². The third-order valence-electron chi connectivity index (χ3n) is 3.02. The number of rotatable bonds is 4. The SMILES string of the molecule is Cc1c(N)cccc1-c1nc(CCC(C)C)no1. The number of benzene rings is 1. The minimum absolute atomic E-state index is 0.554. The number of aromatic nitrogens is 2. The van der Waals surface area contributed by atoms with Gasteiger partial charge in [0.25, 0.3) is 5.89 Å². The molecule has 4 heteroatoms. The van der Waals surface area contributed by atoms with Crippen LogP contribution >= 0.6 is 0 Å². The van der Waals surface area contributed by atoms with Gasteiger partial charge in [-0.25, -0.2) is 0 Å². The van der Waals surface area contributed by atoms with Gasteiger partial charge in [-0.05, 0) is 37.0 Å². The zero-order valence-electron chi connectivity index (χ0n) is 11.1. The zero-order chi connectivity index (χ0) is 13.1. The zero-order valence-corrected chi connectivity index (χ0v) is 11.1. The summed E-state index contributed by atoms with van der Waals surface area (Å²) in [5.74, 6) is 1.96.